The molecule has 0 saturated heterocycles. The molecule has 0 saturated carbocycles. The molecule has 21 heavy (non-hydrogen) atoms. The van der Waals surface area contributed by atoms with Crippen LogP contribution in [-0.2, 0) is 11.2 Å². The largest absolute Gasteiger partial charge is 0.396 e. The van der Waals surface area contributed by atoms with Crippen molar-refractivity contribution in [2.24, 2.45) is 5.92 Å². The number of carbonyl (C=O) groups is 1. The second-order valence-electron chi connectivity index (χ2n) is 5.65. The molecular weight excluding hydrogens is 264 g/mol. The average Bonchev–Trinajstić information content (AvgIpc) is 2.49. The van der Waals surface area contributed by atoms with Crippen molar-refractivity contribution in [3.63, 3.8) is 0 Å². The Morgan fingerprint density at radius 1 is 1.29 bits per heavy atom. The van der Waals surface area contributed by atoms with Gasteiger partial charge in [-0.25, -0.2) is 0 Å². The number of nitrogens with one attached hydrogen (secondary N) is 1. The minimum absolute atomic E-state index is 0.0862. The van der Waals surface area contributed by atoms with Gasteiger partial charge in [0.05, 0.1) is 0 Å². The fraction of sp³-hybridized carbons (Fsp3) is 0.588. The first kappa shape index (κ1) is 17.5. The van der Waals surface area contributed by atoms with Crippen molar-refractivity contribution in [3.8, 4) is 0 Å². The molecule has 1 atom stereocenters. The Morgan fingerprint density at radius 2 is 1.95 bits per heavy atom. The minimum Gasteiger partial charge on any atom is -0.396 e. The van der Waals surface area contributed by atoms with Crippen molar-refractivity contribution >= 4 is 11.6 Å². The fourth-order valence-electron chi connectivity index (χ4n) is 2.20. The standard InChI is InChI=1S/C17H28N2O2/c1-4-14(11-12-20)13-18-17(21)10-7-15-5-8-16(9-6-15)19(2)3/h5-6,8-9,14,20H,4,7,10-13H2,1-3H3,(H,18,21). The normalized spacial score (nSPS) is 12.0. The van der Waals surface area contributed by atoms with Crippen LogP contribution < -0.4 is 10.2 Å². The number of aliphatic hydroxyl groups is 1. The van der Waals surface area contributed by atoms with Crippen LogP contribution in [0, 0.1) is 5.92 Å². The van der Waals surface area contributed by atoms with Crippen LogP contribution in [0.4, 0.5) is 5.69 Å². The Morgan fingerprint density at radius 3 is 2.48 bits per heavy atom. The summed E-state index contributed by atoms with van der Waals surface area (Å²) in [6.07, 6.45) is 3.00. The van der Waals surface area contributed by atoms with Gasteiger partial charge in [-0.15, -0.1) is 0 Å². The molecule has 0 aliphatic heterocycles. The number of rotatable bonds is 9. The number of aliphatic hydroxyl groups excluding tert-OH is 1. The van der Waals surface area contributed by atoms with E-state index >= 15 is 0 Å². The van der Waals surface area contributed by atoms with E-state index in [2.05, 4.69) is 41.4 Å². The zero-order valence-corrected chi connectivity index (χ0v) is 13.4. The lowest BCUT2D eigenvalue weighted by Gasteiger charge is -2.14. The Bertz CT molecular complexity index is 415. The third-order valence-corrected chi connectivity index (χ3v) is 3.80. The predicted molar refractivity (Wildman–Crippen MR) is 87.6 cm³/mol. The third kappa shape index (κ3) is 6.63. The summed E-state index contributed by atoms with van der Waals surface area (Å²) in [5.41, 5.74) is 2.34. The lowest BCUT2D eigenvalue weighted by molar-refractivity contribution is -0.121. The summed E-state index contributed by atoms with van der Waals surface area (Å²) in [7, 11) is 4.03. The van der Waals surface area contributed by atoms with Gasteiger partial charge in [0, 0.05) is 39.4 Å². The fourth-order valence-corrected chi connectivity index (χ4v) is 2.20. The number of nitrogens with zero attached hydrogens (tertiary/aromatic N) is 1. The summed E-state index contributed by atoms with van der Waals surface area (Å²) in [5, 5.41) is 11.9. The topological polar surface area (TPSA) is 52.6 Å². The van der Waals surface area contributed by atoms with E-state index < -0.39 is 0 Å². The Balaban J connectivity index is 2.32. The highest BCUT2D eigenvalue weighted by atomic mass is 16.3. The van der Waals surface area contributed by atoms with E-state index in [0.717, 1.165) is 24.9 Å². The van der Waals surface area contributed by atoms with Gasteiger partial charge in [-0.2, -0.15) is 0 Å². The molecule has 0 spiro atoms. The lowest BCUT2D eigenvalue weighted by Crippen LogP contribution is -2.29. The van der Waals surface area contributed by atoms with E-state index in [4.69, 9.17) is 5.11 Å². The Labute approximate surface area is 128 Å². The molecule has 118 valence electrons. The van der Waals surface area contributed by atoms with Crippen molar-refractivity contribution in [1.82, 2.24) is 5.32 Å². The molecule has 1 rings (SSSR count). The SMILES string of the molecule is CCC(CCO)CNC(=O)CCc1ccc(N(C)C)cc1. The third-order valence-electron chi connectivity index (χ3n) is 3.80. The first-order valence-electron chi connectivity index (χ1n) is 7.70. The predicted octanol–water partition coefficient (Wildman–Crippen LogP) is 2.21. The van der Waals surface area contributed by atoms with Crippen LogP contribution in [0.3, 0.4) is 0 Å². The van der Waals surface area contributed by atoms with Crippen LogP contribution >= 0.6 is 0 Å². The number of amides is 1. The molecule has 0 aromatic heterocycles. The summed E-state index contributed by atoms with van der Waals surface area (Å²) in [6.45, 7) is 2.93. The van der Waals surface area contributed by atoms with Crippen molar-refractivity contribution in [1.29, 1.82) is 0 Å². The van der Waals surface area contributed by atoms with Gasteiger partial charge in [0.1, 0.15) is 0 Å². The minimum atomic E-state index is 0.0862. The molecule has 0 fully saturated rings. The van der Waals surface area contributed by atoms with Gasteiger partial charge in [0.2, 0.25) is 5.91 Å². The van der Waals surface area contributed by atoms with Gasteiger partial charge in [0.25, 0.3) is 0 Å². The molecule has 0 aliphatic rings. The van der Waals surface area contributed by atoms with E-state index in [0.29, 0.717) is 18.9 Å². The number of anilines is 1. The van der Waals surface area contributed by atoms with E-state index in [-0.39, 0.29) is 12.5 Å². The van der Waals surface area contributed by atoms with Gasteiger partial charge in [-0.3, -0.25) is 4.79 Å². The highest BCUT2D eigenvalue weighted by molar-refractivity contribution is 5.76. The van der Waals surface area contributed by atoms with Crippen molar-refractivity contribution < 1.29 is 9.90 Å². The van der Waals surface area contributed by atoms with E-state index in [1.165, 1.54) is 5.56 Å². The maximum Gasteiger partial charge on any atom is 0.220 e. The lowest BCUT2D eigenvalue weighted by atomic mass is 10.0. The van der Waals surface area contributed by atoms with Crippen molar-refractivity contribution in [2.75, 3.05) is 32.1 Å². The molecule has 1 unspecified atom stereocenters. The molecule has 1 aromatic rings. The van der Waals surface area contributed by atoms with Crippen LogP contribution in [0.1, 0.15) is 31.7 Å². The smallest absolute Gasteiger partial charge is 0.220 e. The van der Waals surface area contributed by atoms with Crippen LogP contribution in [-0.4, -0.2) is 38.3 Å². The molecule has 0 aliphatic carbocycles. The molecule has 1 amide bonds. The van der Waals surface area contributed by atoms with Gasteiger partial charge >= 0.3 is 0 Å². The number of benzene rings is 1. The van der Waals surface area contributed by atoms with Gasteiger partial charge < -0.3 is 15.3 Å². The maximum absolute atomic E-state index is 11.8. The quantitative estimate of drug-likeness (QED) is 0.734. The molecule has 0 heterocycles. The van der Waals surface area contributed by atoms with Crippen LogP contribution in [0.15, 0.2) is 24.3 Å². The Hall–Kier alpha value is -1.55. The molecule has 2 N–H and O–H groups in total. The molecule has 4 nitrogen and oxygen atoms in total. The highest BCUT2D eigenvalue weighted by Gasteiger charge is 2.08. The first-order chi connectivity index (χ1) is 10.1. The zero-order valence-electron chi connectivity index (χ0n) is 13.4. The maximum atomic E-state index is 11.8. The highest BCUT2D eigenvalue weighted by Crippen LogP contribution is 2.13. The summed E-state index contributed by atoms with van der Waals surface area (Å²) >= 11 is 0. The second kappa shape index (κ2) is 9.40. The van der Waals surface area contributed by atoms with E-state index in [1.54, 1.807) is 0 Å². The summed E-state index contributed by atoms with van der Waals surface area (Å²) in [6, 6.07) is 8.29. The van der Waals surface area contributed by atoms with Crippen molar-refractivity contribution in [3.05, 3.63) is 29.8 Å². The monoisotopic (exact) mass is 292 g/mol. The average molecular weight is 292 g/mol. The zero-order chi connectivity index (χ0) is 15.7. The molecule has 1 aromatic carbocycles. The van der Waals surface area contributed by atoms with Gasteiger partial charge in [-0.05, 0) is 36.5 Å². The van der Waals surface area contributed by atoms with E-state index in [1.807, 2.05) is 14.1 Å². The number of hydrogen-bond acceptors (Lipinski definition) is 3. The molecule has 0 bridgehead atoms. The molecule has 4 heteroatoms. The summed E-state index contributed by atoms with van der Waals surface area (Å²) in [4.78, 5) is 13.9. The van der Waals surface area contributed by atoms with Crippen LogP contribution in [0.5, 0.6) is 0 Å². The Kier molecular flexibility index (Phi) is 7.83. The summed E-state index contributed by atoms with van der Waals surface area (Å²) < 4.78 is 0. The molecular formula is C17H28N2O2. The number of hydrogen-bond donors (Lipinski definition) is 2. The first-order valence-corrected chi connectivity index (χ1v) is 7.70. The molecule has 0 radical (unpaired) electrons. The van der Waals surface area contributed by atoms with Gasteiger partial charge in [0.15, 0.2) is 0 Å². The summed E-state index contributed by atoms with van der Waals surface area (Å²) in [5.74, 6) is 0.460. The van der Waals surface area contributed by atoms with Crippen LogP contribution in [0.25, 0.3) is 0 Å². The number of aryl methyl sites for hydroxylation is 1. The van der Waals surface area contributed by atoms with Gasteiger partial charge in [-0.1, -0.05) is 25.5 Å². The van der Waals surface area contributed by atoms with Crippen molar-refractivity contribution in [2.45, 2.75) is 32.6 Å². The second-order valence-corrected chi connectivity index (χ2v) is 5.65. The van der Waals surface area contributed by atoms with Crippen LogP contribution in [0.2, 0.25) is 0 Å². The number of carbonyl (C=O) groups excluding carboxylic acids is 1. The van der Waals surface area contributed by atoms with E-state index in [9.17, 15) is 4.79 Å².